The number of benzene rings is 2. The van der Waals surface area contributed by atoms with Crippen molar-refractivity contribution in [1.29, 1.82) is 0 Å². The highest BCUT2D eigenvalue weighted by atomic mass is 19.1. The van der Waals surface area contributed by atoms with Gasteiger partial charge in [-0.2, -0.15) is 0 Å². The smallest absolute Gasteiger partial charge is 0.341 e. The SMILES string of the molecule is CC1CN(c2cc3c(cc2F)C(=O)C(C(=O)O)=CN(c2ccc(F)cc2F)C3)CCN1. The number of ketones is 1. The topological polar surface area (TPSA) is 72.9 Å². The number of nitrogens with one attached hydrogen (secondary N) is 1. The fraction of sp³-hybridized carbons (Fsp3) is 0.273. The maximum atomic E-state index is 15.0. The Kier molecular flexibility index (Phi) is 5.45. The molecule has 1 fully saturated rings. The predicted octanol–water partition coefficient (Wildman–Crippen LogP) is 3.07. The molecule has 0 amide bonds. The van der Waals surface area contributed by atoms with Crippen LogP contribution in [0.4, 0.5) is 24.5 Å². The quantitative estimate of drug-likeness (QED) is 0.728. The van der Waals surface area contributed by atoms with E-state index in [1.165, 1.54) is 17.0 Å². The molecule has 2 aliphatic heterocycles. The zero-order valence-corrected chi connectivity index (χ0v) is 16.7. The number of piperazine rings is 1. The van der Waals surface area contributed by atoms with Crippen LogP contribution < -0.4 is 15.1 Å². The van der Waals surface area contributed by atoms with Crippen LogP contribution in [0.2, 0.25) is 0 Å². The van der Waals surface area contributed by atoms with E-state index in [-0.39, 0.29) is 23.8 Å². The number of carboxylic acids is 1. The van der Waals surface area contributed by atoms with E-state index >= 15 is 0 Å². The number of carbonyl (C=O) groups is 2. The third-order valence-corrected chi connectivity index (χ3v) is 5.45. The number of carbonyl (C=O) groups excluding carboxylic acids is 1. The summed E-state index contributed by atoms with van der Waals surface area (Å²) in [5.74, 6) is -4.72. The molecule has 0 saturated carbocycles. The highest BCUT2D eigenvalue weighted by Gasteiger charge is 2.30. The molecule has 4 rings (SSSR count). The third-order valence-electron chi connectivity index (χ3n) is 5.45. The molecule has 0 bridgehead atoms. The van der Waals surface area contributed by atoms with Crippen molar-refractivity contribution >= 4 is 23.1 Å². The van der Waals surface area contributed by atoms with E-state index in [9.17, 15) is 27.9 Å². The van der Waals surface area contributed by atoms with E-state index in [0.29, 0.717) is 37.0 Å². The summed E-state index contributed by atoms with van der Waals surface area (Å²) in [6, 6.07) is 5.57. The van der Waals surface area contributed by atoms with Crippen LogP contribution in [0, 0.1) is 17.5 Å². The maximum absolute atomic E-state index is 15.0. The molecule has 0 aliphatic carbocycles. The van der Waals surface area contributed by atoms with Crippen molar-refractivity contribution in [3.05, 3.63) is 70.7 Å². The fourth-order valence-corrected chi connectivity index (χ4v) is 3.95. The summed E-state index contributed by atoms with van der Waals surface area (Å²) in [5.41, 5.74) is -0.182. The number of aliphatic carboxylic acids is 1. The number of rotatable bonds is 3. The molecule has 1 atom stereocenters. The van der Waals surface area contributed by atoms with Crippen molar-refractivity contribution in [2.24, 2.45) is 0 Å². The fourth-order valence-electron chi connectivity index (χ4n) is 3.95. The number of anilines is 2. The maximum Gasteiger partial charge on any atom is 0.341 e. The molecule has 2 N–H and O–H groups in total. The van der Waals surface area contributed by atoms with Gasteiger partial charge >= 0.3 is 5.97 Å². The number of nitrogens with zero attached hydrogens (tertiary/aromatic N) is 2. The van der Waals surface area contributed by atoms with Crippen LogP contribution in [-0.4, -0.2) is 42.5 Å². The molecule has 6 nitrogen and oxygen atoms in total. The Morgan fingerprint density at radius 1 is 1.13 bits per heavy atom. The van der Waals surface area contributed by atoms with Crippen LogP contribution >= 0.6 is 0 Å². The molecule has 2 aromatic rings. The highest BCUT2D eigenvalue weighted by Crippen LogP contribution is 2.32. The Morgan fingerprint density at radius 3 is 2.55 bits per heavy atom. The molecule has 162 valence electrons. The van der Waals surface area contributed by atoms with Crippen molar-refractivity contribution in [3.8, 4) is 0 Å². The standard InChI is InChI=1S/C22H20F3N3O3/c1-12-9-27(5-4-26-12)20-6-13-10-28(19-3-2-14(23)7-17(19)24)11-16(22(30)31)21(29)15(13)8-18(20)25/h2-3,6-8,11-12,26H,4-5,9-10H2,1H3,(H,30,31). The first-order valence-corrected chi connectivity index (χ1v) is 9.77. The average Bonchev–Trinajstić information content (AvgIpc) is 2.84. The Bertz CT molecular complexity index is 1100. The van der Waals surface area contributed by atoms with E-state index in [1.807, 2.05) is 11.8 Å². The summed E-state index contributed by atoms with van der Waals surface area (Å²) in [7, 11) is 0. The zero-order chi connectivity index (χ0) is 22.3. The monoisotopic (exact) mass is 431 g/mol. The van der Waals surface area contributed by atoms with Gasteiger partial charge in [0.1, 0.15) is 23.0 Å². The van der Waals surface area contributed by atoms with Gasteiger partial charge in [-0.05, 0) is 36.8 Å². The molecule has 2 heterocycles. The van der Waals surface area contributed by atoms with Crippen LogP contribution in [0.15, 0.2) is 42.1 Å². The summed E-state index contributed by atoms with van der Waals surface area (Å²) in [6.45, 7) is 3.66. The molecule has 1 saturated heterocycles. The number of fused-ring (bicyclic) bond motifs is 1. The van der Waals surface area contributed by atoms with E-state index in [4.69, 9.17) is 0 Å². The number of halogens is 3. The summed E-state index contributed by atoms with van der Waals surface area (Å²) in [5, 5.41) is 12.8. The first-order chi connectivity index (χ1) is 14.7. The summed E-state index contributed by atoms with van der Waals surface area (Å²) < 4.78 is 42.7. The second kappa shape index (κ2) is 8.07. The van der Waals surface area contributed by atoms with Gasteiger partial charge < -0.3 is 20.2 Å². The van der Waals surface area contributed by atoms with E-state index in [2.05, 4.69) is 5.32 Å². The van der Waals surface area contributed by atoms with Gasteiger partial charge in [-0.25, -0.2) is 18.0 Å². The van der Waals surface area contributed by atoms with Gasteiger partial charge in [-0.3, -0.25) is 4.79 Å². The summed E-state index contributed by atoms with van der Waals surface area (Å²) in [6.07, 6.45) is 1.01. The van der Waals surface area contributed by atoms with Gasteiger partial charge in [0, 0.05) is 50.1 Å². The van der Waals surface area contributed by atoms with E-state index in [1.54, 1.807) is 0 Å². The number of Topliss-reactive ketones (excluding diaryl/α,β-unsaturated/α-hetero) is 1. The normalized spacial score (nSPS) is 19.0. The van der Waals surface area contributed by atoms with Crippen molar-refractivity contribution < 1.29 is 27.9 Å². The zero-order valence-electron chi connectivity index (χ0n) is 16.7. The molecule has 0 radical (unpaired) electrons. The molecule has 2 aliphatic rings. The van der Waals surface area contributed by atoms with Crippen LogP contribution in [0.5, 0.6) is 0 Å². The Labute approximate surface area is 176 Å². The first kappa shape index (κ1) is 20.9. The van der Waals surface area contributed by atoms with Crippen molar-refractivity contribution in [2.45, 2.75) is 19.5 Å². The van der Waals surface area contributed by atoms with Crippen LogP contribution in [-0.2, 0) is 11.3 Å². The first-order valence-electron chi connectivity index (χ1n) is 9.77. The molecule has 1 unspecified atom stereocenters. The molecule has 2 aromatic carbocycles. The van der Waals surface area contributed by atoms with Gasteiger partial charge in [0.2, 0.25) is 5.78 Å². The van der Waals surface area contributed by atoms with E-state index in [0.717, 1.165) is 18.3 Å². The minimum Gasteiger partial charge on any atom is -0.477 e. The van der Waals surface area contributed by atoms with Crippen molar-refractivity contribution in [3.63, 3.8) is 0 Å². The number of hydrogen-bond acceptors (Lipinski definition) is 5. The minimum absolute atomic E-state index is 0.0880. The van der Waals surface area contributed by atoms with Gasteiger partial charge in [-0.15, -0.1) is 0 Å². The number of carboxylic acid groups (broad SMARTS) is 1. The molecule has 0 spiro atoms. The Hall–Kier alpha value is -3.33. The largest absolute Gasteiger partial charge is 0.477 e. The summed E-state index contributed by atoms with van der Waals surface area (Å²) >= 11 is 0. The van der Waals surface area contributed by atoms with E-state index < -0.39 is 34.8 Å². The second-order valence-corrected chi connectivity index (χ2v) is 7.66. The van der Waals surface area contributed by atoms with Gasteiger partial charge in [-0.1, -0.05) is 0 Å². The second-order valence-electron chi connectivity index (χ2n) is 7.66. The Balaban J connectivity index is 1.82. The lowest BCUT2D eigenvalue weighted by Gasteiger charge is -2.34. The van der Waals surface area contributed by atoms with Crippen molar-refractivity contribution in [2.75, 3.05) is 29.4 Å². The van der Waals surface area contributed by atoms with Crippen LogP contribution in [0.25, 0.3) is 0 Å². The third kappa shape index (κ3) is 4.00. The van der Waals surface area contributed by atoms with Crippen LogP contribution in [0.1, 0.15) is 22.8 Å². The highest BCUT2D eigenvalue weighted by molar-refractivity contribution is 6.24. The molecule has 0 aromatic heterocycles. The summed E-state index contributed by atoms with van der Waals surface area (Å²) in [4.78, 5) is 27.6. The molecular weight excluding hydrogens is 411 g/mol. The van der Waals surface area contributed by atoms with Crippen LogP contribution in [0.3, 0.4) is 0 Å². The van der Waals surface area contributed by atoms with Crippen molar-refractivity contribution in [1.82, 2.24) is 5.32 Å². The number of hydrogen-bond donors (Lipinski definition) is 2. The minimum atomic E-state index is -1.52. The van der Waals surface area contributed by atoms with Gasteiger partial charge in [0.05, 0.1) is 11.4 Å². The van der Waals surface area contributed by atoms with Gasteiger partial charge in [0.15, 0.2) is 0 Å². The lowest BCUT2D eigenvalue weighted by atomic mass is 9.98. The Morgan fingerprint density at radius 2 is 1.87 bits per heavy atom. The lowest BCUT2D eigenvalue weighted by Crippen LogP contribution is -2.49. The predicted molar refractivity (Wildman–Crippen MR) is 109 cm³/mol. The molecule has 31 heavy (non-hydrogen) atoms. The molecular formula is C22H20F3N3O3. The van der Waals surface area contributed by atoms with Gasteiger partial charge in [0.25, 0.3) is 0 Å². The lowest BCUT2D eigenvalue weighted by molar-refractivity contribution is -0.132. The average molecular weight is 431 g/mol. The molecule has 9 heteroatoms.